The van der Waals surface area contributed by atoms with Crippen LogP contribution in [0.15, 0.2) is 48.0 Å². The zero-order valence-corrected chi connectivity index (χ0v) is 12.0. The van der Waals surface area contributed by atoms with E-state index in [9.17, 15) is 0 Å². The first-order valence-electron chi connectivity index (χ1n) is 6.60. The van der Waals surface area contributed by atoms with Gasteiger partial charge < -0.3 is 5.32 Å². The summed E-state index contributed by atoms with van der Waals surface area (Å²) in [6, 6.07) is 17.5. The standard InChI is InChI=1S/C18H15N3/c1-13-6-5-9-17(14(13)2)21-18-8-4-3-7-16(18)10-15(11-19)12-20/h3-10,21H,1-2H3. The van der Waals surface area contributed by atoms with Crippen molar-refractivity contribution in [3.63, 3.8) is 0 Å². The lowest BCUT2D eigenvalue weighted by atomic mass is 10.1. The van der Waals surface area contributed by atoms with Crippen LogP contribution in [-0.4, -0.2) is 0 Å². The van der Waals surface area contributed by atoms with E-state index >= 15 is 0 Å². The minimum Gasteiger partial charge on any atom is -0.355 e. The van der Waals surface area contributed by atoms with Crippen LogP contribution in [0.5, 0.6) is 0 Å². The SMILES string of the molecule is Cc1cccc(Nc2ccccc2C=C(C#N)C#N)c1C. The summed E-state index contributed by atoms with van der Waals surface area (Å²) in [5.74, 6) is 0. The highest BCUT2D eigenvalue weighted by molar-refractivity contribution is 5.76. The van der Waals surface area contributed by atoms with Crippen molar-refractivity contribution in [1.29, 1.82) is 10.5 Å². The number of benzene rings is 2. The molecule has 0 radical (unpaired) electrons. The van der Waals surface area contributed by atoms with Gasteiger partial charge >= 0.3 is 0 Å². The van der Waals surface area contributed by atoms with Crippen molar-refractivity contribution in [1.82, 2.24) is 0 Å². The fourth-order valence-electron chi connectivity index (χ4n) is 2.01. The Morgan fingerprint density at radius 1 is 0.952 bits per heavy atom. The highest BCUT2D eigenvalue weighted by Gasteiger charge is 2.05. The largest absolute Gasteiger partial charge is 0.355 e. The smallest absolute Gasteiger partial charge is 0.130 e. The first-order valence-corrected chi connectivity index (χ1v) is 6.60. The lowest BCUT2D eigenvalue weighted by molar-refractivity contribution is 1.33. The first-order chi connectivity index (χ1) is 10.2. The summed E-state index contributed by atoms with van der Waals surface area (Å²) in [5, 5.41) is 21.1. The maximum absolute atomic E-state index is 8.89. The van der Waals surface area contributed by atoms with Crippen molar-refractivity contribution in [3.8, 4) is 12.1 Å². The van der Waals surface area contributed by atoms with Crippen LogP contribution in [0.25, 0.3) is 6.08 Å². The zero-order valence-electron chi connectivity index (χ0n) is 12.0. The second-order valence-corrected chi connectivity index (χ2v) is 4.74. The molecule has 0 aliphatic heterocycles. The van der Waals surface area contributed by atoms with E-state index in [1.54, 1.807) is 6.08 Å². The second kappa shape index (κ2) is 6.41. The summed E-state index contributed by atoms with van der Waals surface area (Å²) in [4.78, 5) is 0. The van der Waals surface area contributed by atoms with E-state index in [1.165, 1.54) is 11.1 Å². The van der Waals surface area contributed by atoms with Crippen LogP contribution >= 0.6 is 0 Å². The number of rotatable bonds is 3. The van der Waals surface area contributed by atoms with Gasteiger partial charge in [-0.3, -0.25) is 0 Å². The molecule has 21 heavy (non-hydrogen) atoms. The van der Waals surface area contributed by atoms with Gasteiger partial charge in [-0.2, -0.15) is 10.5 Å². The average Bonchev–Trinajstić information content (AvgIpc) is 2.51. The summed E-state index contributed by atoms with van der Waals surface area (Å²) in [6.07, 6.45) is 1.59. The quantitative estimate of drug-likeness (QED) is 0.839. The number of hydrogen-bond donors (Lipinski definition) is 1. The van der Waals surface area contributed by atoms with Crippen molar-refractivity contribution in [2.75, 3.05) is 5.32 Å². The molecule has 0 aliphatic carbocycles. The number of nitrogens with zero attached hydrogens (tertiary/aromatic N) is 2. The van der Waals surface area contributed by atoms with Crippen LogP contribution in [0.3, 0.4) is 0 Å². The maximum Gasteiger partial charge on any atom is 0.130 e. The topological polar surface area (TPSA) is 59.6 Å². The third-order valence-corrected chi connectivity index (χ3v) is 3.38. The Hall–Kier alpha value is -3.04. The molecule has 0 unspecified atom stereocenters. The van der Waals surface area contributed by atoms with Crippen LogP contribution in [-0.2, 0) is 0 Å². The third-order valence-electron chi connectivity index (χ3n) is 3.38. The van der Waals surface area contributed by atoms with E-state index < -0.39 is 0 Å². The molecule has 0 amide bonds. The molecule has 1 N–H and O–H groups in total. The Balaban J connectivity index is 2.43. The summed E-state index contributed by atoms with van der Waals surface area (Å²) >= 11 is 0. The van der Waals surface area contributed by atoms with Crippen molar-refractivity contribution in [3.05, 3.63) is 64.7 Å². The van der Waals surface area contributed by atoms with Crippen molar-refractivity contribution in [2.45, 2.75) is 13.8 Å². The van der Waals surface area contributed by atoms with Crippen LogP contribution < -0.4 is 5.32 Å². The minimum atomic E-state index is 0.0882. The summed E-state index contributed by atoms with van der Waals surface area (Å²) < 4.78 is 0. The number of nitrogens with one attached hydrogen (secondary N) is 1. The van der Waals surface area contributed by atoms with Crippen LogP contribution in [0.2, 0.25) is 0 Å². The molecule has 2 rings (SSSR count). The van der Waals surface area contributed by atoms with Gasteiger partial charge in [-0.25, -0.2) is 0 Å². The number of para-hydroxylation sites is 1. The lowest BCUT2D eigenvalue weighted by Gasteiger charge is -2.13. The van der Waals surface area contributed by atoms with Gasteiger partial charge in [-0.15, -0.1) is 0 Å². The fraction of sp³-hybridized carbons (Fsp3) is 0.111. The Bertz CT molecular complexity index is 758. The van der Waals surface area contributed by atoms with Crippen LogP contribution in [0.4, 0.5) is 11.4 Å². The molecule has 0 bridgehead atoms. The normalized spacial score (nSPS) is 9.33. The molecule has 102 valence electrons. The molecule has 2 aromatic carbocycles. The monoisotopic (exact) mass is 273 g/mol. The van der Waals surface area contributed by atoms with E-state index in [1.807, 2.05) is 48.5 Å². The Morgan fingerprint density at radius 3 is 2.33 bits per heavy atom. The lowest BCUT2D eigenvalue weighted by Crippen LogP contribution is -1.96. The van der Waals surface area contributed by atoms with E-state index in [0.29, 0.717) is 0 Å². The number of hydrogen-bond acceptors (Lipinski definition) is 3. The molecule has 3 nitrogen and oxygen atoms in total. The van der Waals surface area contributed by atoms with Gasteiger partial charge in [0.1, 0.15) is 17.7 Å². The van der Waals surface area contributed by atoms with Gasteiger partial charge in [0.05, 0.1) is 0 Å². The van der Waals surface area contributed by atoms with Crippen molar-refractivity contribution < 1.29 is 0 Å². The Kier molecular flexibility index (Phi) is 4.39. The van der Waals surface area contributed by atoms with E-state index in [2.05, 4.69) is 25.2 Å². The average molecular weight is 273 g/mol. The number of aryl methyl sites for hydroxylation is 1. The highest BCUT2D eigenvalue weighted by atomic mass is 14.9. The van der Waals surface area contributed by atoms with Gasteiger partial charge in [0.15, 0.2) is 0 Å². The molecular formula is C18H15N3. The molecule has 0 atom stereocenters. The van der Waals surface area contributed by atoms with E-state index in [4.69, 9.17) is 10.5 Å². The number of anilines is 2. The van der Waals surface area contributed by atoms with Gasteiger partial charge in [0.2, 0.25) is 0 Å². The molecule has 0 fully saturated rings. The summed E-state index contributed by atoms with van der Waals surface area (Å²) in [6.45, 7) is 4.13. The summed E-state index contributed by atoms with van der Waals surface area (Å²) in [7, 11) is 0. The fourth-order valence-corrected chi connectivity index (χ4v) is 2.01. The number of allylic oxidation sites excluding steroid dienone is 1. The van der Waals surface area contributed by atoms with E-state index in [-0.39, 0.29) is 5.57 Å². The molecule has 0 aromatic heterocycles. The Morgan fingerprint density at radius 2 is 1.62 bits per heavy atom. The van der Waals surface area contributed by atoms with Gasteiger partial charge in [-0.05, 0) is 48.7 Å². The number of nitriles is 2. The molecule has 0 saturated carbocycles. The second-order valence-electron chi connectivity index (χ2n) is 4.74. The van der Waals surface area contributed by atoms with Gasteiger partial charge in [0.25, 0.3) is 0 Å². The molecular weight excluding hydrogens is 258 g/mol. The first kappa shape index (κ1) is 14.4. The van der Waals surface area contributed by atoms with Crippen LogP contribution in [0.1, 0.15) is 16.7 Å². The van der Waals surface area contributed by atoms with Gasteiger partial charge in [0, 0.05) is 11.4 Å². The Labute approximate surface area is 124 Å². The van der Waals surface area contributed by atoms with Crippen molar-refractivity contribution >= 4 is 17.5 Å². The van der Waals surface area contributed by atoms with E-state index in [0.717, 1.165) is 16.9 Å². The molecule has 0 spiro atoms. The highest BCUT2D eigenvalue weighted by Crippen LogP contribution is 2.26. The van der Waals surface area contributed by atoms with Gasteiger partial charge in [-0.1, -0.05) is 30.3 Å². The zero-order chi connectivity index (χ0) is 15.2. The third kappa shape index (κ3) is 3.29. The summed E-state index contributed by atoms with van der Waals surface area (Å²) in [5.41, 5.74) is 5.18. The molecule has 0 saturated heterocycles. The van der Waals surface area contributed by atoms with Crippen LogP contribution in [0, 0.1) is 36.5 Å². The molecule has 0 heterocycles. The van der Waals surface area contributed by atoms with Crippen molar-refractivity contribution in [2.24, 2.45) is 0 Å². The minimum absolute atomic E-state index is 0.0882. The molecule has 3 heteroatoms. The molecule has 0 aliphatic rings. The predicted octanol–water partition coefficient (Wildman–Crippen LogP) is 4.48. The maximum atomic E-state index is 8.89. The predicted molar refractivity (Wildman–Crippen MR) is 84.8 cm³/mol. The molecule has 2 aromatic rings.